The van der Waals surface area contributed by atoms with Crippen molar-refractivity contribution >= 4 is 35.0 Å². The highest BCUT2D eigenvalue weighted by atomic mass is 35.5. The summed E-state index contributed by atoms with van der Waals surface area (Å²) in [6.45, 7) is 6.13. The van der Waals surface area contributed by atoms with E-state index >= 15 is 0 Å². The van der Waals surface area contributed by atoms with E-state index in [9.17, 15) is 9.59 Å². The van der Waals surface area contributed by atoms with E-state index in [0.29, 0.717) is 28.8 Å². The van der Waals surface area contributed by atoms with Crippen molar-refractivity contribution in [2.75, 3.05) is 17.7 Å². The van der Waals surface area contributed by atoms with Gasteiger partial charge >= 0.3 is 6.03 Å². The van der Waals surface area contributed by atoms with Gasteiger partial charge in [-0.05, 0) is 42.5 Å². The first-order chi connectivity index (χ1) is 18.0. The van der Waals surface area contributed by atoms with Crippen LogP contribution in [0.25, 0.3) is 5.69 Å². The Morgan fingerprint density at radius 1 is 0.947 bits per heavy atom. The van der Waals surface area contributed by atoms with Gasteiger partial charge in [-0.15, -0.1) is 0 Å². The van der Waals surface area contributed by atoms with E-state index in [1.165, 1.54) is 12.3 Å². The Hall–Kier alpha value is -4.57. The van der Waals surface area contributed by atoms with E-state index in [-0.39, 0.29) is 16.1 Å². The number of nitrogens with one attached hydrogen (secondary N) is 2. The highest BCUT2D eigenvalue weighted by Crippen LogP contribution is 2.31. The number of carbonyl (C=O) groups excluding carboxylic acids is 2. The number of anilines is 2. The number of urea groups is 1. The SMILES string of the molecule is COc1ccc(-n2nc(C(C)(C)C)cc2NC(=O)Nc2ccc(Oc3ccnc(C(N)=O)c3)cc2Cl)cc1. The summed E-state index contributed by atoms with van der Waals surface area (Å²) in [6, 6.07) is 16.5. The summed E-state index contributed by atoms with van der Waals surface area (Å²) in [7, 11) is 1.60. The summed E-state index contributed by atoms with van der Waals surface area (Å²) < 4.78 is 12.6. The maximum Gasteiger partial charge on any atom is 0.324 e. The molecule has 0 saturated carbocycles. The third kappa shape index (κ3) is 6.22. The molecule has 0 fully saturated rings. The standard InChI is InChI=1S/C27H27ClN6O4/c1-27(2,3)23-15-24(34(33-23)16-5-7-17(37-4)8-6-16)32-26(36)31-21-10-9-18(13-20(21)28)38-19-11-12-30-22(14-19)25(29)35/h5-15H,1-4H3,(H2,29,35)(H2,31,32,36). The second kappa shape index (κ2) is 10.8. The van der Waals surface area contributed by atoms with E-state index in [1.807, 2.05) is 51.1 Å². The Balaban J connectivity index is 1.51. The fourth-order valence-corrected chi connectivity index (χ4v) is 3.65. The summed E-state index contributed by atoms with van der Waals surface area (Å²) in [6.07, 6.45) is 1.42. The Labute approximate surface area is 224 Å². The van der Waals surface area contributed by atoms with Crippen LogP contribution in [-0.2, 0) is 5.41 Å². The molecule has 0 unspecified atom stereocenters. The quantitative estimate of drug-likeness (QED) is 0.276. The van der Waals surface area contributed by atoms with Gasteiger partial charge in [-0.1, -0.05) is 32.4 Å². The fourth-order valence-electron chi connectivity index (χ4n) is 3.43. The molecule has 2 aromatic heterocycles. The molecule has 0 aliphatic heterocycles. The molecule has 196 valence electrons. The molecule has 2 heterocycles. The normalized spacial score (nSPS) is 11.1. The van der Waals surface area contributed by atoms with Gasteiger partial charge in [0.2, 0.25) is 0 Å². The first kappa shape index (κ1) is 26.5. The van der Waals surface area contributed by atoms with Gasteiger partial charge in [0.25, 0.3) is 5.91 Å². The minimum absolute atomic E-state index is 0.0760. The monoisotopic (exact) mass is 534 g/mol. The summed E-state index contributed by atoms with van der Waals surface area (Å²) in [5, 5.41) is 10.6. The summed E-state index contributed by atoms with van der Waals surface area (Å²) in [5.41, 5.74) is 7.03. The minimum Gasteiger partial charge on any atom is -0.497 e. The van der Waals surface area contributed by atoms with Gasteiger partial charge in [-0.3, -0.25) is 15.1 Å². The molecule has 10 nitrogen and oxygen atoms in total. The molecule has 2 aromatic carbocycles. The van der Waals surface area contributed by atoms with Crippen LogP contribution in [0.1, 0.15) is 37.0 Å². The Kier molecular flexibility index (Phi) is 7.54. The maximum absolute atomic E-state index is 12.9. The number of nitrogens with two attached hydrogens (primary N) is 1. The van der Waals surface area contributed by atoms with Crippen LogP contribution in [0.2, 0.25) is 5.02 Å². The molecule has 4 aromatic rings. The van der Waals surface area contributed by atoms with Gasteiger partial charge in [-0.25, -0.2) is 9.48 Å². The number of amides is 3. The van der Waals surface area contributed by atoms with Crippen LogP contribution in [0.5, 0.6) is 17.2 Å². The molecule has 4 N–H and O–H groups in total. The molecule has 0 aliphatic rings. The third-order valence-electron chi connectivity index (χ3n) is 5.44. The predicted octanol–water partition coefficient (Wildman–Crippen LogP) is 5.76. The smallest absolute Gasteiger partial charge is 0.324 e. The van der Waals surface area contributed by atoms with Gasteiger partial charge in [0.1, 0.15) is 28.8 Å². The molecular formula is C27H27ClN6O4. The highest BCUT2D eigenvalue weighted by molar-refractivity contribution is 6.34. The van der Waals surface area contributed by atoms with E-state index in [1.54, 1.807) is 36.1 Å². The van der Waals surface area contributed by atoms with Gasteiger partial charge < -0.3 is 20.5 Å². The topological polar surface area (TPSA) is 133 Å². The van der Waals surface area contributed by atoms with Crippen LogP contribution in [0.3, 0.4) is 0 Å². The number of hydrogen-bond acceptors (Lipinski definition) is 6. The largest absolute Gasteiger partial charge is 0.497 e. The Bertz CT molecular complexity index is 1480. The molecule has 0 bridgehead atoms. The van der Waals surface area contributed by atoms with E-state index in [4.69, 9.17) is 31.9 Å². The average molecular weight is 535 g/mol. The van der Waals surface area contributed by atoms with Crippen LogP contribution in [-0.4, -0.2) is 33.8 Å². The number of halogens is 1. The highest BCUT2D eigenvalue weighted by Gasteiger charge is 2.22. The van der Waals surface area contributed by atoms with Crippen molar-refractivity contribution < 1.29 is 19.1 Å². The molecular weight excluding hydrogens is 508 g/mol. The fraction of sp³-hybridized carbons (Fsp3) is 0.185. The number of benzene rings is 2. The van der Waals surface area contributed by atoms with E-state index in [0.717, 1.165) is 11.4 Å². The van der Waals surface area contributed by atoms with Crippen LogP contribution in [0, 0.1) is 0 Å². The van der Waals surface area contributed by atoms with Gasteiger partial charge in [-0.2, -0.15) is 5.10 Å². The lowest BCUT2D eigenvalue weighted by molar-refractivity contribution is 0.0995. The molecule has 0 saturated heterocycles. The molecule has 0 aliphatic carbocycles. The minimum atomic E-state index is -0.665. The van der Waals surface area contributed by atoms with Crippen molar-refractivity contribution in [2.24, 2.45) is 5.73 Å². The number of ether oxygens (including phenoxy) is 2. The number of methoxy groups -OCH3 is 1. The van der Waals surface area contributed by atoms with Crippen LogP contribution in [0.15, 0.2) is 66.9 Å². The Morgan fingerprint density at radius 2 is 1.63 bits per heavy atom. The number of primary amides is 1. The summed E-state index contributed by atoms with van der Waals surface area (Å²) in [5.74, 6) is 1.29. The molecule has 0 radical (unpaired) electrons. The lowest BCUT2D eigenvalue weighted by Crippen LogP contribution is -2.21. The zero-order valence-electron chi connectivity index (χ0n) is 21.3. The molecule has 11 heteroatoms. The van der Waals surface area contributed by atoms with Crippen molar-refractivity contribution in [1.82, 2.24) is 14.8 Å². The zero-order valence-corrected chi connectivity index (χ0v) is 22.0. The second-order valence-electron chi connectivity index (χ2n) is 9.34. The number of nitrogens with zero attached hydrogens (tertiary/aromatic N) is 3. The van der Waals surface area contributed by atoms with Crippen molar-refractivity contribution in [1.29, 1.82) is 0 Å². The predicted molar refractivity (Wildman–Crippen MR) is 146 cm³/mol. The first-order valence-corrected chi connectivity index (χ1v) is 12.0. The summed E-state index contributed by atoms with van der Waals surface area (Å²) >= 11 is 6.41. The number of hydrogen-bond donors (Lipinski definition) is 3. The first-order valence-electron chi connectivity index (χ1n) is 11.6. The second-order valence-corrected chi connectivity index (χ2v) is 9.75. The van der Waals surface area contributed by atoms with Crippen molar-refractivity contribution in [2.45, 2.75) is 26.2 Å². The molecule has 38 heavy (non-hydrogen) atoms. The summed E-state index contributed by atoms with van der Waals surface area (Å²) in [4.78, 5) is 28.2. The van der Waals surface area contributed by atoms with Crippen molar-refractivity contribution in [3.8, 4) is 22.9 Å². The van der Waals surface area contributed by atoms with E-state index < -0.39 is 11.9 Å². The lowest BCUT2D eigenvalue weighted by Gasteiger charge is -2.14. The van der Waals surface area contributed by atoms with Gasteiger partial charge in [0.15, 0.2) is 0 Å². The third-order valence-corrected chi connectivity index (χ3v) is 5.76. The Morgan fingerprint density at radius 3 is 2.26 bits per heavy atom. The number of rotatable bonds is 7. The van der Waals surface area contributed by atoms with Gasteiger partial charge in [0, 0.05) is 29.8 Å². The molecule has 0 atom stereocenters. The number of carbonyl (C=O) groups is 2. The van der Waals surface area contributed by atoms with Crippen LogP contribution < -0.4 is 25.8 Å². The van der Waals surface area contributed by atoms with Crippen molar-refractivity contribution in [3.05, 3.63) is 83.3 Å². The van der Waals surface area contributed by atoms with Crippen molar-refractivity contribution in [3.63, 3.8) is 0 Å². The van der Waals surface area contributed by atoms with Crippen LogP contribution >= 0.6 is 11.6 Å². The maximum atomic E-state index is 12.9. The zero-order chi connectivity index (χ0) is 27.4. The van der Waals surface area contributed by atoms with Gasteiger partial charge in [0.05, 0.1) is 29.2 Å². The molecule has 0 spiro atoms. The molecule has 4 rings (SSSR count). The van der Waals surface area contributed by atoms with E-state index in [2.05, 4.69) is 15.6 Å². The van der Waals surface area contributed by atoms with Crippen LogP contribution in [0.4, 0.5) is 16.3 Å². The molecule has 3 amide bonds. The number of pyridine rings is 1. The average Bonchev–Trinajstić information content (AvgIpc) is 3.30. The number of aromatic nitrogens is 3. The lowest BCUT2D eigenvalue weighted by atomic mass is 9.92.